The molecule has 0 saturated heterocycles. The van der Waals surface area contributed by atoms with Gasteiger partial charge in [-0.1, -0.05) is 18.2 Å². The molecule has 1 aliphatic rings. The maximum Gasteiger partial charge on any atom is 0.243 e. The molecule has 0 fully saturated rings. The molecule has 154 valence electrons. The molecule has 0 bridgehead atoms. The van der Waals surface area contributed by atoms with Crippen LogP contribution in [0, 0.1) is 0 Å². The number of methoxy groups -OCH3 is 1. The van der Waals surface area contributed by atoms with Crippen LogP contribution in [0.2, 0.25) is 0 Å². The topological polar surface area (TPSA) is 60.0 Å². The van der Waals surface area contributed by atoms with Crippen molar-refractivity contribution in [1.29, 1.82) is 0 Å². The second-order valence-corrected chi connectivity index (χ2v) is 6.84. The fourth-order valence-corrected chi connectivity index (χ4v) is 3.12. The number of unbranched alkanes of at least 4 members (excludes halogenated alkanes) is 1. The molecule has 1 heterocycles. The molecule has 0 aliphatic carbocycles. The first-order valence-electron chi connectivity index (χ1n) is 9.87. The molecule has 2 aromatic carbocycles. The van der Waals surface area contributed by atoms with Gasteiger partial charge in [-0.25, -0.2) is 0 Å². The summed E-state index contributed by atoms with van der Waals surface area (Å²) in [6.45, 7) is 2.61. The minimum atomic E-state index is -0.115. The van der Waals surface area contributed by atoms with Gasteiger partial charge in [-0.2, -0.15) is 0 Å². The van der Waals surface area contributed by atoms with Gasteiger partial charge in [-0.05, 0) is 48.7 Å². The van der Waals surface area contributed by atoms with E-state index in [1.54, 1.807) is 13.2 Å². The van der Waals surface area contributed by atoms with Crippen molar-refractivity contribution in [3.63, 3.8) is 0 Å². The highest BCUT2D eigenvalue weighted by atomic mass is 16.6. The molecule has 0 aromatic heterocycles. The smallest absolute Gasteiger partial charge is 0.243 e. The first-order chi connectivity index (χ1) is 14.2. The molecule has 3 rings (SSSR count). The minimum absolute atomic E-state index is 0.115. The van der Waals surface area contributed by atoms with Gasteiger partial charge >= 0.3 is 0 Å². The van der Waals surface area contributed by atoms with E-state index < -0.39 is 0 Å². The summed E-state index contributed by atoms with van der Waals surface area (Å²) in [5.41, 5.74) is 2.03. The van der Waals surface area contributed by atoms with Crippen molar-refractivity contribution < 1.29 is 19.0 Å². The predicted octanol–water partition coefficient (Wildman–Crippen LogP) is 3.51. The average Bonchev–Trinajstić information content (AvgIpc) is 2.77. The highest BCUT2D eigenvalue weighted by Gasteiger charge is 2.17. The summed E-state index contributed by atoms with van der Waals surface area (Å²) in [5, 5.41) is 2.93. The van der Waals surface area contributed by atoms with Crippen LogP contribution in [0.5, 0.6) is 17.2 Å². The number of carbonyl (C=O) groups is 1. The lowest BCUT2D eigenvalue weighted by Crippen LogP contribution is -2.24. The third kappa shape index (κ3) is 5.91. The largest absolute Gasteiger partial charge is 0.493 e. The van der Waals surface area contributed by atoms with E-state index in [9.17, 15) is 4.79 Å². The van der Waals surface area contributed by atoms with Gasteiger partial charge in [0.1, 0.15) is 13.2 Å². The Hall–Kier alpha value is -3.15. The third-order valence-electron chi connectivity index (χ3n) is 4.69. The number of benzene rings is 2. The molecule has 0 atom stereocenters. The van der Waals surface area contributed by atoms with E-state index in [1.165, 1.54) is 11.8 Å². The van der Waals surface area contributed by atoms with Crippen molar-refractivity contribution in [2.24, 2.45) is 0 Å². The Morgan fingerprint density at radius 1 is 1.17 bits per heavy atom. The minimum Gasteiger partial charge on any atom is -0.493 e. The van der Waals surface area contributed by atoms with Gasteiger partial charge in [0.2, 0.25) is 11.7 Å². The molecule has 6 nitrogen and oxygen atoms in total. The maximum absolute atomic E-state index is 12.1. The van der Waals surface area contributed by atoms with E-state index in [-0.39, 0.29) is 5.91 Å². The van der Waals surface area contributed by atoms with Crippen LogP contribution in [0.3, 0.4) is 0 Å². The van der Waals surface area contributed by atoms with E-state index in [2.05, 4.69) is 29.4 Å². The molecule has 0 unspecified atom stereocenters. The second-order valence-electron chi connectivity index (χ2n) is 6.84. The molecule has 2 aromatic rings. The van der Waals surface area contributed by atoms with Gasteiger partial charge in [0.25, 0.3) is 0 Å². The van der Waals surface area contributed by atoms with Crippen molar-refractivity contribution in [1.82, 2.24) is 5.32 Å². The number of anilines is 1. The van der Waals surface area contributed by atoms with Gasteiger partial charge in [0, 0.05) is 31.9 Å². The predicted molar refractivity (Wildman–Crippen MR) is 115 cm³/mol. The molecule has 0 spiro atoms. The van der Waals surface area contributed by atoms with Gasteiger partial charge in [-0.15, -0.1) is 0 Å². The first-order valence-corrected chi connectivity index (χ1v) is 9.87. The van der Waals surface area contributed by atoms with Gasteiger partial charge in [-0.3, -0.25) is 4.79 Å². The summed E-state index contributed by atoms with van der Waals surface area (Å²) in [4.78, 5) is 14.3. The summed E-state index contributed by atoms with van der Waals surface area (Å²) in [5.74, 6) is 1.74. The fraction of sp³-hybridized carbons (Fsp3) is 0.348. The summed E-state index contributed by atoms with van der Waals surface area (Å²) < 4.78 is 16.6. The summed E-state index contributed by atoms with van der Waals surface area (Å²) in [6, 6.07) is 14.0. The normalized spacial score (nSPS) is 12.6. The second kappa shape index (κ2) is 10.4. The van der Waals surface area contributed by atoms with E-state index in [0.29, 0.717) is 37.0 Å². The third-order valence-corrected chi connectivity index (χ3v) is 4.69. The van der Waals surface area contributed by atoms with Crippen molar-refractivity contribution in [3.8, 4) is 17.2 Å². The van der Waals surface area contributed by atoms with Crippen molar-refractivity contribution in [2.75, 3.05) is 45.4 Å². The van der Waals surface area contributed by atoms with Crippen LogP contribution >= 0.6 is 0 Å². The van der Waals surface area contributed by atoms with Crippen LogP contribution in [-0.2, 0) is 4.79 Å². The number of nitrogens with one attached hydrogen (secondary N) is 1. The fourth-order valence-electron chi connectivity index (χ4n) is 3.12. The first kappa shape index (κ1) is 20.6. The highest BCUT2D eigenvalue weighted by Crippen LogP contribution is 2.40. The molecular weight excluding hydrogens is 368 g/mol. The standard InChI is InChI=1S/C23H28N2O4/c1-25(19-8-4-3-5-9-19)13-7-6-12-24-22(26)11-10-18-16-20(27-2)23-21(17-18)28-14-15-29-23/h3-5,8-11,16-17H,6-7,12-15H2,1-2H3,(H,24,26). The number of nitrogens with zero attached hydrogens (tertiary/aromatic N) is 1. The molecule has 6 heteroatoms. The molecule has 29 heavy (non-hydrogen) atoms. The Morgan fingerprint density at radius 3 is 2.76 bits per heavy atom. The zero-order valence-electron chi connectivity index (χ0n) is 17.0. The number of carbonyl (C=O) groups excluding carboxylic acids is 1. The van der Waals surface area contributed by atoms with Crippen LogP contribution in [0.25, 0.3) is 6.08 Å². The van der Waals surface area contributed by atoms with Gasteiger partial charge < -0.3 is 24.4 Å². The van der Waals surface area contributed by atoms with Gasteiger partial charge in [0.05, 0.1) is 7.11 Å². The molecule has 1 amide bonds. The number of hydrogen-bond acceptors (Lipinski definition) is 5. The van der Waals surface area contributed by atoms with Crippen LogP contribution in [0.1, 0.15) is 18.4 Å². The Bertz CT molecular complexity index is 819. The quantitative estimate of drug-likeness (QED) is 0.519. The van der Waals surface area contributed by atoms with Crippen LogP contribution < -0.4 is 24.4 Å². The summed E-state index contributed by atoms with van der Waals surface area (Å²) in [6.07, 6.45) is 5.21. The molecule has 0 saturated carbocycles. The van der Waals surface area contributed by atoms with Crippen molar-refractivity contribution >= 4 is 17.7 Å². The zero-order chi connectivity index (χ0) is 20.5. The Balaban J connectivity index is 1.42. The van der Waals surface area contributed by atoms with E-state index >= 15 is 0 Å². The summed E-state index contributed by atoms with van der Waals surface area (Å²) >= 11 is 0. The molecular formula is C23H28N2O4. The van der Waals surface area contributed by atoms with Gasteiger partial charge in [0.15, 0.2) is 11.5 Å². The van der Waals surface area contributed by atoms with Crippen LogP contribution in [0.15, 0.2) is 48.5 Å². The lowest BCUT2D eigenvalue weighted by Gasteiger charge is -2.20. The van der Waals surface area contributed by atoms with E-state index in [4.69, 9.17) is 14.2 Å². The van der Waals surface area contributed by atoms with E-state index in [1.807, 2.05) is 30.3 Å². The van der Waals surface area contributed by atoms with Crippen molar-refractivity contribution in [3.05, 3.63) is 54.1 Å². The van der Waals surface area contributed by atoms with Crippen LogP contribution in [0.4, 0.5) is 5.69 Å². The molecule has 0 radical (unpaired) electrons. The number of ether oxygens (including phenoxy) is 3. The Kier molecular flexibility index (Phi) is 7.39. The average molecular weight is 396 g/mol. The number of para-hydroxylation sites is 1. The molecule has 1 N–H and O–H groups in total. The zero-order valence-corrected chi connectivity index (χ0v) is 17.0. The Labute approximate surface area is 172 Å². The number of hydrogen-bond donors (Lipinski definition) is 1. The van der Waals surface area contributed by atoms with Crippen LogP contribution in [-0.4, -0.2) is 46.4 Å². The monoisotopic (exact) mass is 396 g/mol. The highest BCUT2D eigenvalue weighted by molar-refractivity contribution is 5.91. The Morgan fingerprint density at radius 2 is 1.97 bits per heavy atom. The maximum atomic E-state index is 12.1. The summed E-state index contributed by atoms with van der Waals surface area (Å²) in [7, 11) is 3.67. The number of fused-ring (bicyclic) bond motifs is 1. The number of rotatable bonds is 9. The molecule has 1 aliphatic heterocycles. The van der Waals surface area contributed by atoms with Crippen molar-refractivity contribution in [2.45, 2.75) is 12.8 Å². The van der Waals surface area contributed by atoms with E-state index in [0.717, 1.165) is 24.9 Å². The number of amides is 1. The lowest BCUT2D eigenvalue weighted by molar-refractivity contribution is -0.116. The lowest BCUT2D eigenvalue weighted by atomic mass is 10.1. The SMILES string of the molecule is COc1cc(C=CC(=O)NCCCCN(C)c2ccccc2)cc2c1OCCO2.